The van der Waals surface area contributed by atoms with E-state index in [1.165, 1.54) is 23.5 Å². The molecule has 0 aliphatic rings. The summed E-state index contributed by atoms with van der Waals surface area (Å²) >= 11 is 1.50. The van der Waals surface area contributed by atoms with Crippen molar-refractivity contribution in [2.24, 2.45) is 5.73 Å². The molecule has 2 nitrogen and oxygen atoms in total. The van der Waals surface area contributed by atoms with Crippen molar-refractivity contribution in [2.45, 2.75) is 13.2 Å². The number of halogens is 2. The lowest BCUT2D eigenvalue weighted by atomic mass is 10.3. The summed E-state index contributed by atoms with van der Waals surface area (Å²) in [7, 11) is 0. The van der Waals surface area contributed by atoms with E-state index in [4.69, 9.17) is 10.5 Å². The number of hydrogen-bond acceptors (Lipinski definition) is 3. The monoisotopic (exact) mass is 255 g/mol. The minimum absolute atomic E-state index is 0.0762. The zero-order valence-corrected chi connectivity index (χ0v) is 9.77. The van der Waals surface area contributed by atoms with E-state index in [0.717, 1.165) is 15.8 Å². The third kappa shape index (κ3) is 2.81. The Hall–Kier alpha value is -1.46. The molecular weight excluding hydrogens is 244 g/mol. The van der Waals surface area contributed by atoms with Gasteiger partial charge >= 0.3 is 0 Å². The zero-order valence-electron chi connectivity index (χ0n) is 8.95. The van der Waals surface area contributed by atoms with Crippen molar-refractivity contribution >= 4 is 11.3 Å². The molecule has 0 saturated carbocycles. The van der Waals surface area contributed by atoms with Crippen molar-refractivity contribution in [2.75, 3.05) is 0 Å². The van der Waals surface area contributed by atoms with Crippen LogP contribution < -0.4 is 10.5 Å². The van der Waals surface area contributed by atoms with Crippen LogP contribution in [-0.2, 0) is 13.2 Å². The van der Waals surface area contributed by atoms with Crippen LogP contribution in [0.5, 0.6) is 5.75 Å². The van der Waals surface area contributed by atoms with Crippen LogP contribution in [0.3, 0.4) is 0 Å². The summed E-state index contributed by atoms with van der Waals surface area (Å²) in [5.74, 6) is -1.94. The molecule has 17 heavy (non-hydrogen) atoms. The van der Waals surface area contributed by atoms with Crippen molar-refractivity contribution in [1.29, 1.82) is 0 Å². The van der Waals surface area contributed by atoms with Crippen LogP contribution in [0.25, 0.3) is 0 Å². The van der Waals surface area contributed by atoms with E-state index in [0.29, 0.717) is 6.54 Å². The van der Waals surface area contributed by atoms with E-state index in [-0.39, 0.29) is 12.4 Å². The predicted molar refractivity (Wildman–Crippen MR) is 62.9 cm³/mol. The van der Waals surface area contributed by atoms with E-state index < -0.39 is 11.6 Å². The highest BCUT2D eigenvalue weighted by molar-refractivity contribution is 7.11. The average Bonchev–Trinajstić information content (AvgIpc) is 2.79. The molecule has 0 saturated heterocycles. The molecule has 5 heteroatoms. The van der Waals surface area contributed by atoms with Crippen LogP contribution in [-0.4, -0.2) is 0 Å². The second-order valence-electron chi connectivity index (χ2n) is 3.41. The maximum atomic E-state index is 13.3. The van der Waals surface area contributed by atoms with Gasteiger partial charge < -0.3 is 10.5 Å². The smallest absolute Gasteiger partial charge is 0.200 e. The standard InChI is InChI=1S/C12H11F2NOS/c13-10-2-1-3-11(12(10)14)16-7-9-5-4-8(6-15)17-9/h1-5H,6-7,15H2. The van der Waals surface area contributed by atoms with E-state index in [1.807, 2.05) is 12.1 Å². The van der Waals surface area contributed by atoms with Gasteiger partial charge in [0.25, 0.3) is 0 Å². The molecule has 1 aromatic heterocycles. The van der Waals surface area contributed by atoms with Gasteiger partial charge in [0.2, 0.25) is 5.82 Å². The predicted octanol–water partition coefficient (Wildman–Crippen LogP) is 3.06. The van der Waals surface area contributed by atoms with Gasteiger partial charge in [0, 0.05) is 16.3 Å². The fourth-order valence-electron chi connectivity index (χ4n) is 1.35. The van der Waals surface area contributed by atoms with Crippen LogP contribution in [0.2, 0.25) is 0 Å². The van der Waals surface area contributed by atoms with E-state index in [2.05, 4.69) is 0 Å². The maximum Gasteiger partial charge on any atom is 0.200 e. The molecule has 1 heterocycles. The van der Waals surface area contributed by atoms with Crippen LogP contribution in [0, 0.1) is 11.6 Å². The average molecular weight is 255 g/mol. The molecule has 2 aromatic rings. The summed E-state index contributed by atoms with van der Waals surface area (Å²) in [6, 6.07) is 7.62. The Bertz CT molecular complexity index is 513. The van der Waals surface area contributed by atoms with E-state index in [1.54, 1.807) is 0 Å². The van der Waals surface area contributed by atoms with E-state index >= 15 is 0 Å². The van der Waals surface area contributed by atoms with Crippen LogP contribution in [0.1, 0.15) is 9.75 Å². The molecule has 0 aliphatic heterocycles. The van der Waals surface area contributed by atoms with Crippen LogP contribution >= 0.6 is 11.3 Å². The minimum atomic E-state index is -0.955. The fraction of sp³-hybridized carbons (Fsp3) is 0.167. The number of benzene rings is 1. The number of hydrogen-bond donors (Lipinski definition) is 1. The van der Waals surface area contributed by atoms with E-state index in [9.17, 15) is 8.78 Å². The number of ether oxygens (including phenoxy) is 1. The van der Waals surface area contributed by atoms with Gasteiger partial charge in [-0.25, -0.2) is 4.39 Å². The highest BCUT2D eigenvalue weighted by Crippen LogP contribution is 2.22. The highest BCUT2D eigenvalue weighted by atomic mass is 32.1. The Morgan fingerprint density at radius 2 is 1.88 bits per heavy atom. The first kappa shape index (κ1) is 12.0. The fourth-order valence-corrected chi connectivity index (χ4v) is 2.16. The Balaban J connectivity index is 2.04. The molecule has 0 spiro atoms. The first-order valence-corrected chi connectivity index (χ1v) is 5.87. The van der Waals surface area contributed by atoms with Gasteiger partial charge in [-0.3, -0.25) is 0 Å². The molecule has 0 amide bonds. The minimum Gasteiger partial charge on any atom is -0.485 e. The maximum absolute atomic E-state index is 13.3. The summed E-state index contributed by atoms with van der Waals surface area (Å²) in [4.78, 5) is 1.96. The molecule has 0 aliphatic carbocycles. The molecular formula is C12H11F2NOS. The molecule has 0 atom stereocenters. The third-order valence-electron chi connectivity index (χ3n) is 2.20. The molecule has 2 rings (SSSR count). The zero-order chi connectivity index (χ0) is 12.3. The molecule has 0 unspecified atom stereocenters. The SMILES string of the molecule is NCc1ccc(COc2cccc(F)c2F)s1. The van der Waals surface area contributed by atoms with Crippen molar-refractivity contribution in [1.82, 2.24) is 0 Å². The summed E-state index contributed by atoms with van der Waals surface area (Å²) < 4.78 is 31.4. The summed E-state index contributed by atoms with van der Waals surface area (Å²) in [5, 5.41) is 0. The Morgan fingerprint density at radius 1 is 1.12 bits per heavy atom. The van der Waals surface area contributed by atoms with Gasteiger partial charge in [-0.05, 0) is 24.3 Å². The van der Waals surface area contributed by atoms with Gasteiger partial charge in [-0.15, -0.1) is 11.3 Å². The molecule has 0 radical (unpaired) electrons. The van der Waals surface area contributed by atoms with Gasteiger partial charge in [0.05, 0.1) is 0 Å². The van der Waals surface area contributed by atoms with Crippen molar-refractivity contribution in [3.05, 3.63) is 51.7 Å². The highest BCUT2D eigenvalue weighted by Gasteiger charge is 2.09. The summed E-state index contributed by atoms with van der Waals surface area (Å²) in [6.07, 6.45) is 0. The van der Waals surface area contributed by atoms with Crippen molar-refractivity contribution in [3.63, 3.8) is 0 Å². The Labute approximate surface area is 102 Å². The second-order valence-corrected chi connectivity index (χ2v) is 4.67. The van der Waals surface area contributed by atoms with Gasteiger partial charge in [0.1, 0.15) is 6.61 Å². The number of thiophene rings is 1. The molecule has 2 N–H and O–H groups in total. The first-order chi connectivity index (χ1) is 8.20. The normalized spacial score (nSPS) is 10.5. The van der Waals surface area contributed by atoms with Gasteiger partial charge in [-0.1, -0.05) is 6.07 Å². The lowest BCUT2D eigenvalue weighted by molar-refractivity contribution is 0.287. The number of nitrogens with two attached hydrogens (primary N) is 1. The van der Waals surface area contributed by atoms with Crippen LogP contribution in [0.15, 0.2) is 30.3 Å². The third-order valence-corrected chi connectivity index (χ3v) is 3.29. The van der Waals surface area contributed by atoms with Gasteiger partial charge in [0.15, 0.2) is 11.6 Å². The van der Waals surface area contributed by atoms with Crippen LogP contribution in [0.4, 0.5) is 8.78 Å². The Morgan fingerprint density at radius 3 is 2.59 bits per heavy atom. The molecule has 0 fully saturated rings. The lowest BCUT2D eigenvalue weighted by Crippen LogP contribution is -1.97. The largest absolute Gasteiger partial charge is 0.485 e. The molecule has 90 valence electrons. The Kier molecular flexibility index (Phi) is 3.71. The topological polar surface area (TPSA) is 35.2 Å². The second kappa shape index (κ2) is 5.25. The summed E-state index contributed by atoms with van der Waals surface area (Å²) in [6.45, 7) is 0.685. The van der Waals surface area contributed by atoms with Crippen molar-refractivity contribution in [3.8, 4) is 5.75 Å². The quantitative estimate of drug-likeness (QED) is 0.911. The molecule has 0 bridgehead atoms. The van der Waals surface area contributed by atoms with Crippen molar-refractivity contribution < 1.29 is 13.5 Å². The summed E-state index contributed by atoms with van der Waals surface area (Å²) in [5.41, 5.74) is 5.47. The first-order valence-electron chi connectivity index (χ1n) is 5.05. The lowest BCUT2D eigenvalue weighted by Gasteiger charge is -2.05. The van der Waals surface area contributed by atoms with Gasteiger partial charge in [-0.2, -0.15) is 4.39 Å². The number of rotatable bonds is 4. The molecule has 1 aromatic carbocycles.